The number of benzene rings is 1. The Balaban J connectivity index is 1.85. The van der Waals surface area contributed by atoms with Crippen molar-refractivity contribution >= 4 is 11.6 Å². The highest BCUT2D eigenvalue weighted by Gasteiger charge is 2.41. The molecule has 2 bridgehead atoms. The summed E-state index contributed by atoms with van der Waals surface area (Å²) in [6, 6.07) is 5.68. The van der Waals surface area contributed by atoms with E-state index in [0.29, 0.717) is 23.0 Å². The molecule has 3 rings (SSSR count). The van der Waals surface area contributed by atoms with E-state index in [1.165, 1.54) is 25.0 Å². The van der Waals surface area contributed by atoms with Crippen LogP contribution < -0.4 is 11.3 Å². The quantitative estimate of drug-likeness (QED) is 0.666. The first-order valence-electron chi connectivity index (χ1n) is 7.23. The summed E-state index contributed by atoms with van der Waals surface area (Å²) in [5.74, 6) is 5.90. The van der Waals surface area contributed by atoms with Crippen molar-refractivity contribution in [3.8, 4) is 0 Å². The monoisotopic (exact) mass is 297 g/mol. The maximum absolute atomic E-state index is 13.5. The lowest BCUT2D eigenvalue weighted by Crippen LogP contribution is -2.45. The van der Waals surface area contributed by atoms with Gasteiger partial charge in [-0.3, -0.25) is 11.3 Å². The van der Waals surface area contributed by atoms with Gasteiger partial charge >= 0.3 is 0 Å². The number of nitrogens with zero attached hydrogens (tertiary/aromatic N) is 1. The van der Waals surface area contributed by atoms with Crippen LogP contribution in [0.1, 0.15) is 37.3 Å². The van der Waals surface area contributed by atoms with Crippen molar-refractivity contribution in [3.63, 3.8) is 0 Å². The van der Waals surface area contributed by atoms with Crippen LogP contribution in [0.4, 0.5) is 4.39 Å². The zero-order valence-corrected chi connectivity index (χ0v) is 12.4. The van der Waals surface area contributed by atoms with Gasteiger partial charge in [0.05, 0.1) is 6.04 Å². The second kappa shape index (κ2) is 5.60. The largest absolute Gasteiger partial charge is 0.300 e. The highest BCUT2D eigenvalue weighted by Crippen LogP contribution is 2.43. The molecule has 2 heterocycles. The van der Waals surface area contributed by atoms with Crippen LogP contribution in [0.15, 0.2) is 18.2 Å². The molecule has 0 amide bonds. The van der Waals surface area contributed by atoms with Crippen LogP contribution >= 0.6 is 11.6 Å². The van der Waals surface area contributed by atoms with Gasteiger partial charge in [0.1, 0.15) is 5.82 Å². The van der Waals surface area contributed by atoms with Gasteiger partial charge in [0, 0.05) is 17.1 Å². The third kappa shape index (κ3) is 2.46. The SMILES string of the molecule is CN1C2CCC1CC(C(NN)c1cc(F)ccc1Cl)C2. The number of nitrogens with two attached hydrogens (primary N) is 1. The summed E-state index contributed by atoms with van der Waals surface area (Å²) in [5, 5.41) is 0.584. The van der Waals surface area contributed by atoms with Crippen LogP contribution in [-0.4, -0.2) is 24.0 Å². The van der Waals surface area contributed by atoms with Gasteiger partial charge in [-0.25, -0.2) is 4.39 Å². The van der Waals surface area contributed by atoms with E-state index in [-0.39, 0.29) is 11.9 Å². The third-order valence-electron chi connectivity index (χ3n) is 5.08. The summed E-state index contributed by atoms with van der Waals surface area (Å²) in [4.78, 5) is 2.48. The van der Waals surface area contributed by atoms with Crippen molar-refractivity contribution in [3.05, 3.63) is 34.6 Å². The Morgan fingerprint density at radius 1 is 1.35 bits per heavy atom. The molecule has 2 saturated heterocycles. The Hall–Kier alpha value is -0.680. The van der Waals surface area contributed by atoms with Gasteiger partial charge in [0.15, 0.2) is 0 Å². The van der Waals surface area contributed by atoms with Crippen LogP contribution in [0.5, 0.6) is 0 Å². The zero-order chi connectivity index (χ0) is 14.3. The number of nitrogens with one attached hydrogen (secondary N) is 1. The summed E-state index contributed by atoms with van der Waals surface area (Å²) in [6.07, 6.45) is 4.70. The smallest absolute Gasteiger partial charge is 0.123 e. The molecular formula is C15H21ClFN3. The number of hydrazine groups is 1. The predicted molar refractivity (Wildman–Crippen MR) is 78.8 cm³/mol. The zero-order valence-electron chi connectivity index (χ0n) is 11.7. The van der Waals surface area contributed by atoms with Crippen molar-refractivity contribution in [2.75, 3.05) is 7.05 Å². The normalized spacial score (nSPS) is 31.5. The van der Waals surface area contributed by atoms with E-state index < -0.39 is 0 Å². The first-order valence-corrected chi connectivity index (χ1v) is 7.61. The molecule has 3 N–H and O–H groups in total. The third-order valence-corrected chi connectivity index (χ3v) is 5.42. The standard InChI is InChI=1S/C15H21ClFN3/c1-20-11-3-4-12(20)7-9(6-11)15(19-18)13-8-10(17)2-5-14(13)16/h2,5,8-9,11-12,15,19H,3-4,6-7,18H2,1H3. The minimum absolute atomic E-state index is 0.0741. The van der Waals surface area contributed by atoms with Crippen LogP contribution in [0.3, 0.4) is 0 Å². The molecule has 3 unspecified atom stereocenters. The van der Waals surface area contributed by atoms with Crippen LogP contribution in [0, 0.1) is 11.7 Å². The number of fused-ring (bicyclic) bond motifs is 2. The molecule has 2 fully saturated rings. The molecule has 0 spiro atoms. The molecule has 3 atom stereocenters. The maximum atomic E-state index is 13.5. The number of piperidine rings is 1. The Labute approximate surface area is 124 Å². The Morgan fingerprint density at radius 2 is 2.00 bits per heavy atom. The topological polar surface area (TPSA) is 41.3 Å². The molecular weight excluding hydrogens is 277 g/mol. The molecule has 0 aromatic heterocycles. The maximum Gasteiger partial charge on any atom is 0.123 e. The summed E-state index contributed by atoms with van der Waals surface area (Å²) in [6.45, 7) is 0. The molecule has 20 heavy (non-hydrogen) atoms. The average molecular weight is 298 g/mol. The van der Waals surface area contributed by atoms with Crippen LogP contribution in [0.25, 0.3) is 0 Å². The minimum atomic E-state index is -0.263. The van der Waals surface area contributed by atoms with Gasteiger partial charge in [-0.2, -0.15) is 0 Å². The highest BCUT2D eigenvalue weighted by molar-refractivity contribution is 6.31. The number of hydrogen-bond acceptors (Lipinski definition) is 3. The Kier molecular flexibility index (Phi) is 4.00. The van der Waals surface area contributed by atoms with E-state index in [9.17, 15) is 4.39 Å². The number of hydrogen-bond donors (Lipinski definition) is 2. The first kappa shape index (κ1) is 14.3. The fraction of sp³-hybridized carbons (Fsp3) is 0.600. The highest BCUT2D eigenvalue weighted by atomic mass is 35.5. The van der Waals surface area contributed by atoms with E-state index in [1.54, 1.807) is 6.07 Å². The van der Waals surface area contributed by atoms with E-state index in [4.69, 9.17) is 17.4 Å². The van der Waals surface area contributed by atoms with Crippen molar-refractivity contribution in [1.82, 2.24) is 10.3 Å². The van der Waals surface area contributed by atoms with Crippen LogP contribution in [-0.2, 0) is 0 Å². The lowest BCUT2D eigenvalue weighted by Gasteiger charge is -2.40. The lowest BCUT2D eigenvalue weighted by molar-refractivity contribution is 0.112. The molecule has 2 aliphatic rings. The van der Waals surface area contributed by atoms with Crippen molar-refractivity contribution in [2.24, 2.45) is 11.8 Å². The van der Waals surface area contributed by atoms with E-state index in [2.05, 4.69) is 17.4 Å². The Bertz CT molecular complexity index is 482. The second-order valence-electron chi connectivity index (χ2n) is 6.09. The molecule has 3 nitrogen and oxygen atoms in total. The fourth-order valence-electron chi connectivity index (χ4n) is 3.96. The van der Waals surface area contributed by atoms with E-state index in [0.717, 1.165) is 18.4 Å². The average Bonchev–Trinajstić information content (AvgIpc) is 2.66. The summed E-state index contributed by atoms with van der Waals surface area (Å²) in [7, 11) is 2.21. The molecule has 5 heteroatoms. The first-order chi connectivity index (χ1) is 9.60. The van der Waals surface area contributed by atoms with Gasteiger partial charge in [-0.1, -0.05) is 11.6 Å². The van der Waals surface area contributed by atoms with Gasteiger partial charge in [-0.15, -0.1) is 0 Å². The van der Waals surface area contributed by atoms with Crippen molar-refractivity contribution < 1.29 is 4.39 Å². The van der Waals surface area contributed by atoms with Gasteiger partial charge in [0.25, 0.3) is 0 Å². The van der Waals surface area contributed by atoms with E-state index >= 15 is 0 Å². The Morgan fingerprint density at radius 3 is 2.60 bits per heavy atom. The molecule has 2 aliphatic heterocycles. The summed E-state index contributed by atoms with van der Waals surface area (Å²) >= 11 is 6.23. The minimum Gasteiger partial charge on any atom is -0.300 e. The van der Waals surface area contributed by atoms with Crippen molar-refractivity contribution in [1.29, 1.82) is 0 Å². The van der Waals surface area contributed by atoms with Gasteiger partial charge in [0.2, 0.25) is 0 Å². The molecule has 0 saturated carbocycles. The van der Waals surface area contributed by atoms with Crippen LogP contribution in [0.2, 0.25) is 5.02 Å². The van der Waals surface area contributed by atoms with Gasteiger partial charge in [-0.05, 0) is 62.4 Å². The molecule has 0 aliphatic carbocycles. The lowest BCUT2D eigenvalue weighted by atomic mass is 9.82. The number of rotatable bonds is 3. The predicted octanol–water partition coefficient (Wildman–Crippen LogP) is 2.86. The van der Waals surface area contributed by atoms with Gasteiger partial charge < -0.3 is 4.90 Å². The summed E-state index contributed by atoms with van der Waals surface area (Å²) in [5.41, 5.74) is 3.65. The molecule has 1 aromatic rings. The molecule has 1 aromatic carbocycles. The van der Waals surface area contributed by atoms with Crippen molar-refractivity contribution in [2.45, 2.75) is 43.8 Å². The molecule has 110 valence electrons. The van der Waals surface area contributed by atoms with E-state index in [1.807, 2.05) is 0 Å². The number of halogens is 2. The molecule has 0 radical (unpaired) electrons. The second-order valence-corrected chi connectivity index (χ2v) is 6.50. The summed E-state index contributed by atoms with van der Waals surface area (Å²) < 4.78 is 13.5. The fourth-order valence-corrected chi connectivity index (χ4v) is 4.19.